The van der Waals surface area contributed by atoms with E-state index in [-0.39, 0.29) is 0 Å². The Labute approximate surface area is 112 Å². The van der Waals surface area contributed by atoms with Crippen LogP contribution in [0.4, 0.5) is 0 Å². The Balaban J connectivity index is 2.34. The first-order chi connectivity index (χ1) is 8.56. The summed E-state index contributed by atoms with van der Waals surface area (Å²) in [6.07, 6.45) is 0. The standard InChI is InChI=1S/C14H15ClN2O/c1-9(2)11-6-4-5-7-12(11)18-14-8-13(15)16-10(3)17-14/h4-9H,1-3H3. The van der Waals surface area contributed by atoms with Gasteiger partial charge in [-0.3, -0.25) is 0 Å². The molecule has 18 heavy (non-hydrogen) atoms. The molecular weight excluding hydrogens is 248 g/mol. The van der Waals surface area contributed by atoms with Crippen LogP contribution in [0.25, 0.3) is 0 Å². The second-order valence-electron chi connectivity index (χ2n) is 4.37. The van der Waals surface area contributed by atoms with E-state index in [9.17, 15) is 0 Å². The number of para-hydroxylation sites is 1. The molecule has 0 spiro atoms. The second-order valence-corrected chi connectivity index (χ2v) is 4.76. The van der Waals surface area contributed by atoms with E-state index in [0.29, 0.717) is 22.8 Å². The first kappa shape index (κ1) is 12.8. The molecule has 1 heterocycles. The zero-order valence-electron chi connectivity index (χ0n) is 10.6. The molecule has 1 aromatic heterocycles. The molecule has 2 aromatic rings. The van der Waals surface area contributed by atoms with Crippen molar-refractivity contribution in [1.29, 1.82) is 0 Å². The zero-order valence-corrected chi connectivity index (χ0v) is 11.4. The van der Waals surface area contributed by atoms with Crippen LogP contribution in [0.3, 0.4) is 0 Å². The van der Waals surface area contributed by atoms with Gasteiger partial charge in [0, 0.05) is 6.07 Å². The van der Waals surface area contributed by atoms with Gasteiger partial charge in [-0.25, -0.2) is 4.98 Å². The number of rotatable bonds is 3. The van der Waals surface area contributed by atoms with Crippen LogP contribution in [-0.2, 0) is 0 Å². The highest BCUT2D eigenvalue weighted by molar-refractivity contribution is 6.29. The quantitative estimate of drug-likeness (QED) is 0.771. The average Bonchev–Trinajstić information content (AvgIpc) is 2.27. The monoisotopic (exact) mass is 262 g/mol. The lowest BCUT2D eigenvalue weighted by molar-refractivity contribution is 0.451. The van der Waals surface area contributed by atoms with Crippen molar-refractivity contribution in [3.63, 3.8) is 0 Å². The lowest BCUT2D eigenvalue weighted by atomic mass is 10.0. The molecule has 2 rings (SSSR count). The van der Waals surface area contributed by atoms with Crippen LogP contribution in [0.15, 0.2) is 30.3 Å². The average molecular weight is 263 g/mol. The van der Waals surface area contributed by atoms with E-state index in [1.54, 1.807) is 13.0 Å². The highest BCUT2D eigenvalue weighted by Gasteiger charge is 2.09. The number of aryl methyl sites for hydroxylation is 1. The molecule has 3 nitrogen and oxygen atoms in total. The van der Waals surface area contributed by atoms with Gasteiger partial charge in [-0.2, -0.15) is 4.98 Å². The number of hydrogen-bond donors (Lipinski definition) is 0. The zero-order chi connectivity index (χ0) is 13.1. The summed E-state index contributed by atoms with van der Waals surface area (Å²) in [5.41, 5.74) is 1.14. The van der Waals surface area contributed by atoms with E-state index < -0.39 is 0 Å². The maximum atomic E-state index is 5.89. The number of benzene rings is 1. The van der Waals surface area contributed by atoms with Crippen molar-refractivity contribution >= 4 is 11.6 Å². The van der Waals surface area contributed by atoms with E-state index in [0.717, 1.165) is 11.3 Å². The third-order valence-electron chi connectivity index (χ3n) is 2.54. The van der Waals surface area contributed by atoms with Gasteiger partial charge in [-0.1, -0.05) is 43.6 Å². The third kappa shape index (κ3) is 2.99. The van der Waals surface area contributed by atoms with Crippen molar-refractivity contribution in [3.05, 3.63) is 46.9 Å². The fourth-order valence-corrected chi connectivity index (χ4v) is 1.94. The third-order valence-corrected chi connectivity index (χ3v) is 2.73. The van der Waals surface area contributed by atoms with Gasteiger partial charge in [0.05, 0.1) is 0 Å². The van der Waals surface area contributed by atoms with Gasteiger partial charge in [-0.05, 0) is 24.5 Å². The molecule has 0 aliphatic heterocycles. The molecule has 0 amide bonds. The number of ether oxygens (including phenoxy) is 1. The van der Waals surface area contributed by atoms with Gasteiger partial charge < -0.3 is 4.74 Å². The molecule has 0 saturated carbocycles. The Kier molecular flexibility index (Phi) is 3.82. The van der Waals surface area contributed by atoms with Crippen LogP contribution in [-0.4, -0.2) is 9.97 Å². The highest BCUT2D eigenvalue weighted by Crippen LogP contribution is 2.29. The van der Waals surface area contributed by atoms with Crippen LogP contribution >= 0.6 is 11.6 Å². The summed E-state index contributed by atoms with van der Waals surface area (Å²) < 4.78 is 5.80. The van der Waals surface area contributed by atoms with Gasteiger partial charge in [0.15, 0.2) is 0 Å². The summed E-state index contributed by atoms with van der Waals surface area (Å²) in [5.74, 6) is 2.27. The molecule has 0 N–H and O–H groups in total. The fraction of sp³-hybridized carbons (Fsp3) is 0.286. The van der Waals surface area contributed by atoms with E-state index in [2.05, 4.69) is 29.9 Å². The number of nitrogens with zero attached hydrogens (tertiary/aromatic N) is 2. The Hall–Kier alpha value is -1.61. The first-order valence-corrected chi connectivity index (χ1v) is 6.22. The molecule has 0 radical (unpaired) electrons. The molecule has 0 bridgehead atoms. The van der Waals surface area contributed by atoms with Crippen molar-refractivity contribution in [2.24, 2.45) is 0 Å². The Morgan fingerprint density at radius 2 is 1.89 bits per heavy atom. The topological polar surface area (TPSA) is 35.0 Å². The molecule has 0 aliphatic carbocycles. The minimum absolute atomic E-state index is 0.388. The van der Waals surface area contributed by atoms with Crippen LogP contribution in [0.2, 0.25) is 5.15 Å². The predicted molar refractivity (Wildman–Crippen MR) is 72.4 cm³/mol. The van der Waals surface area contributed by atoms with Crippen molar-refractivity contribution in [2.45, 2.75) is 26.7 Å². The summed E-state index contributed by atoms with van der Waals surface area (Å²) in [5, 5.41) is 0.388. The SMILES string of the molecule is Cc1nc(Cl)cc(Oc2ccccc2C(C)C)n1. The number of hydrogen-bond acceptors (Lipinski definition) is 3. The van der Waals surface area contributed by atoms with Gasteiger partial charge in [0.25, 0.3) is 0 Å². The minimum Gasteiger partial charge on any atom is -0.439 e. The van der Waals surface area contributed by atoms with E-state index in [4.69, 9.17) is 16.3 Å². The van der Waals surface area contributed by atoms with Gasteiger partial charge >= 0.3 is 0 Å². The van der Waals surface area contributed by atoms with Crippen LogP contribution < -0.4 is 4.74 Å². The molecule has 4 heteroatoms. The Morgan fingerprint density at radius 3 is 2.56 bits per heavy atom. The van der Waals surface area contributed by atoms with Gasteiger partial charge in [-0.15, -0.1) is 0 Å². The summed E-state index contributed by atoms with van der Waals surface area (Å²) in [6, 6.07) is 9.54. The van der Waals surface area contributed by atoms with Crippen LogP contribution in [0, 0.1) is 6.92 Å². The summed E-state index contributed by atoms with van der Waals surface area (Å²) >= 11 is 5.89. The second kappa shape index (κ2) is 5.36. The maximum absolute atomic E-state index is 5.89. The first-order valence-electron chi connectivity index (χ1n) is 5.84. The Bertz CT molecular complexity index is 535. The maximum Gasteiger partial charge on any atom is 0.224 e. The van der Waals surface area contributed by atoms with E-state index in [1.807, 2.05) is 18.2 Å². The molecule has 0 saturated heterocycles. The molecule has 0 atom stereocenters. The summed E-state index contributed by atoms with van der Waals surface area (Å²) in [6.45, 7) is 6.04. The predicted octanol–water partition coefficient (Wildman–Crippen LogP) is 4.35. The molecule has 1 aromatic carbocycles. The van der Waals surface area contributed by atoms with Crippen LogP contribution in [0.1, 0.15) is 31.2 Å². The largest absolute Gasteiger partial charge is 0.439 e. The highest BCUT2D eigenvalue weighted by atomic mass is 35.5. The number of aromatic nitrogens is 2. The lowest BCUT2D eigenvalue weighted by Crippen LogP contribution is -1.97. The van der Waals surface area contributed by atoms with Gasteiger partial charge in [0.2, 0.25) is 5.88 Å². The lowest BCUT2D eigenvalue weighted by Gasteiger charge is -2.13. The molecule has 0 fully saturated rings. The normalized spacial score (nSPS) is 10.7. The number of halogens is 1. The van der Waals surface area contributed by atoms with Crippen LogP contribution in [0.5, 0.6) is 11.6 Å². The van der Waals surface area contributed by atoms with Crippen molar-refractivity contribution < 1.29 is 4.74 Å². The van der Waals surface area contributed by atoms with Gasteiger partial charge in [0.1, 0.15) is 16.7 Å². The summed E-state index contributed by atoms with van der Waals surface area (Å²) in [4.78, 5) is 8.22. The van der Waals surface area contributed by atoms with Crippen molar-refractivity contribution in [3.8, 4) is 11.6 Å². The Morgan fingerprint density at radius 1 is 1.17 bits per heavy atom. The molecular formula is C14H15ClN2O. The molecule has 94 valence electrons. The molecule has 0 unspecified atom stereocenters. The van der Waals surface area contributed by atoms with E-state index in [1.165, 1.54) is 0 Å². The smallest absolute Gasteiger partial charge is 0.224 e. The fourth-order valence-electron chi connectivity index (χ4n) is 1.72. The summed E-state index contributed by atoms with van der Waals surface area (Å²) in [7, 11) is 0. The van der Waals surface area contributed by atoms with E-state index >= 15 is 0 Å². The van der Waals surface area contributed by atoms with Crippen molar-refractivity contribution in [2.75, 3.05) is 0 Å². The molecule has 0 aliphatic rings. The van der Waals surface area contributed by atoms with Crippen molar-refractivity contribution in [1.82, 2.24) is 9.97 Å². The minimum atomic E-state index is 0.388.